The molecule has 20 heavy (non-hydrogen) atoms. The van der Waals surface area contributed by atoms with Crippen molar-refractivity contribution < 1.29 is 14.3 Å². The van der Waals surface area contributed by atoms with Gasteiger partial charge in [0.15, 0.2) is 0 Å². The normalized spacial score (nSPS) is 10.8. The number of carboxylic acids is 1. The lowest BCUT2D eigenvalue weighted by molar-refractivity contribution is 0.0701. The van der Waals surface area contributed by atoms with E-state index in [1.54, 1.807) is 12.1 Å². The molecule has 0 radical (unpaired) electrons. The van der Waals surface area contributed by atoms with Crippen LogP contribution in [0.1, 0.15) is 20.8 Å². The summed E-state index contributed by atoms with van der Waals surface area (Å²) in [5.41, 5.74) is 1.53. The molecule has 0 amide bonds. The van der Waals surface area contributed by atoms with E-state index in [0.717, 1.165) is 21.2 Å². The Labute approximate surface area is 119 Å². The first kappa shape index (κ1) is 12.8. The highest BCUT2D eigenvalue weighted by Crippen LogP contribution is 2.33. The number of carboxylic acid groups (broad SMARTS) is 1. The fraction of sp³-hybridized carbons (Fsp3) is 0.0625. The van der Waals surface area contributed by atoms with Crippen LogP contribution in [-0.4, -0.2) is 11.1 Å². The molecule has 0 atom stereocenters. The van der Waals surface area contributed by atoms with Gasteiger partial charge in [-0.2, -0.15) is 0 Å². The lowest BCUT2D eigenvalue weighted by atomic mass is 10.0. The topological polar surface area (TPSA) is 37.3 Å². The number of thiophene rings is 1. The molecule has 1 N–H and O–H groups in total. The van der Waals surface area contributed by atoms with Crippen LogP contribution in [0.5, 0.6) is 0 Å². The van der Waals surface area contributed by atoms with E-state index >= 15 is 0 Å². The Morgan fingerprint density at radius 2 is 1.95 bits per heavy atom. The van der Waals surface area contributed by atoms with Gasteiger partial charge in [0.05, 0.1) is 0 Å². The van der Waals surface area contributed by atoms with E-state index in [0.29, 0.717) is 11.3 Å². The van der Waals surface area contributed by atoms with Gasteiger partial charge in [0, 0.05) is 4.70 Å². The second-order valence-corrected chi connectivity index (χ2v) is 5.57. The van der Waals surface area contributed by atoms with Gasteiger partial charge >= 0.3 is 5.97 Å². The maximum absolute atomic E-state index is 13.3. The van der Waals surface area contributed by atoms with Gasteiger partial charge in [0.1, 0.15) is 10.7 Å². The van der Waals surface area contributed by atoms with Crippen molar-refractivity contribution in [3.05, 3.63) is 70.4 Å². The fourth-order valence-electron chi connectivity index (χ4n) is 2.30. The van der Waals surface area contributed by atoms with Gasteiger partial charge in [-0.15, -0.1) is 11.3 Å². The molecule has 100 valence electrons. The van der Waals surface area contributed by atoms with E-state index in [1.807, 2.05) is 24.3 Å². The van der Waals surface area contributed by atoms with Gasteiger partial charge in [-0.3, -0.25) is 0 Å². The predicted octanol–water partition coefficient (Wildman–Crippen LogP) is 4.33. The molecule has 2 nitrogen and oxygen atoms in total. The maximum atomic E-state index is 13.3. The van der Waals surface area contributed by atoms with Crippen LogP contribution in [0.25, 0.3) is 10.1 Å². The molecule has 2 aromatic carbocycles. The molecule has 0 aliphatic heterocycles. The maximum Gasteiger partial charge on any atom is 0.346 e. The molecule has 0 fully saturated rings. The van der Waals surface area contributed by atoms with E-state index in [9.17, 15) is 14.3 Å². The number of fused-ring (bicyclic) bond motifs is 1. The molecule has 1 heterocycles. The number of carbonyl (C=O) groups is 1. The zero-order valence-electron chi connectivity index (χ0n) is 10.5. The summed E-state index contributed by atoms with van der Waals surface area (Å²) in [5, 5.41) is 10.3. The van der Waals surface area contributed by atoms with Crippen LogP contribution in [0.3, 0.4) is 0 Å². The summed E-state index contributed by atoms with van der Waals surface area (Å²) < 4.78 is 14.2. The van der Waals surface area contributed by atoms with Crippen molar-refractivity contribution in [1.82, 2.24) is 0 Å². The molecule has 0 saturated carbocycles. The van der Waals surface area contributed by atoms with Crippen molar-refractivity contribution >= 4 is 27.4 Å². The van der Waals surface area contributed by atoms with E-state index < -0.39 is 5.97 Å². The standard InChI is InChI=1S/C16H11FO2S/c17-11-5-3-4-10(8-11)9-13-12-6-1-2-7-14(12)20-15(13)16(18)19/h1-8H,9H2,(H,18,19). The third-order valence-electron chi connectivity index (χ3n) is 3.16. The Morgan fingerprint density at radius 1 is 1.15 bits per heavy atom. The SMILES string of the molecule is O=C(O)c1sc2ccccc2c1Cc1cccc(F)c1. The van der Waals surface area contributed by atoms with Gasteiger partial charge in [0.2, 0.25) is 0 Å². The van der Waals surface area contributed by atoms with Gasteiger partial charge < -0.3 is 5.11 Å². The molecule has 3 rings (SSSR count). The average Bonchev–Trinajstić information content (AvgIpc) is 2.78. The summed E-state index contributed by atoms with van der Waals surface area (Å²) in [4.78, 5) is 11.7. The van der Waals surface area contributed by atoms with Crippen molar-refractivity contribution in [3.8, 4) is 0 Å². The summed E-state index contributed by atoms with van der Waals surface area (Å²) in [6.07, 6.45) is 0.420. The Kier molecular flexibility index (Phi) is 3.24. The number of halogens is 1. The summed E-state index contributed by atoms with van der Waals surface area (Å²) in [6.45, 7) is 0. The molecular weight excluding hydrogens is 275 g/mol. The van der Waals surface area contributed by atoms with Crippen molar-refractivity contribution in [1.29, 1.82) is 0 Å². The molecule has 4 heteroatoms. The second kappa shape index (κ2) is 5.06. The van der Waals surface area contributed by atoms with Gasteiger partial charge in [-0.1, -0.05) is 30.3 Å². The zero-order valence-corrected chi connectivity index (χ0v) is 11.3. The summed E-state index contributed by atoms with van der Waals surface area (Å²) in [6, 6.07) is 13.9. The Hall–Kier alpha value is -2.20. The summed E-state index contributed by atoms with van der Waals surface area (Å²) >= 11 is 1.26. The minimum absolute atomic E-state index is 0.307. The minimum Gasteiger partial charge on any atom is -0.477 e. The van der Waals surface area contributed by atoms with E-state index in [2.05, 4.69) is 0 Å². The molecule has 0 unspecified atom stereocenters. The summed E-state index contributed by atoms with van der Waals surface area (Å²) in [5.74, 6) is -1.24. The first-order valence-electron chi connectivity index (χ1n) is 6.13. The molecule has 0 spiro atoms. The molecule has 0 bridgehead atoms. The molecule has 0 saturated heterocycles. The predicted molar refractivity (Wildman–Crippen MR) is 78.0 cm³/mol. The molecule has 1 aromatic heterocycles. The number of rotatable bonds is 3. The third kappa shape index (κ3) is 2.30. The molecular formula is C16H11FO2S. The van der Waals surface area contributed by atoms with Gasteiger partial charge in [-0.05, 0) is 41.1 Å². The highest BCUT2D eigenvalue weighted by atomic mass is 32.1. The third-order valence-corrected chi connectivity index (χ3v) is 4.36. The molecule has 3 aromatic rings. The highest BCUT2D eigenvalue weighted by molar-refractivity contribution is 7.21. The zero-order chi connectivity index (χ0) is 14.1. The minimum atomic E-state index is -0.933. The van der Waals surface area contributed by atoms with Crippen molar-refractivity contribution in [2.45, 2.75) is 6.42 Å². The van der Waals surface area contributed by atoms with Crippen LogP contribution in [0, 0.1) is 5.82 Å². The van der Waals surface area contributed by atoms with Crippen molar-refractivity contribution in [3.63, 3.8) is 0 Å². The van der Waals surface area contributed by atoms with E-state index in [4.69, 9.17) is 0 Å². The Bertz CT molecular complexity index is 792. The number of benzene rings is 2. The van der Waals surface area contributed by atoms with Crippen LogP contribution in [0.2, 0.25) is 0 Å². The number of hydrogen-bond donors (Lipinski definition) is 1. The van der Waals surface area contributed by atoms with E-state index in [-0.39, 0.29) is 5.82 Å². The fourth-order valence-corrected chi connectivity index (χ4v) is 3.36. The summed E-state index contributed by atoms with van der Waals surface area (Å²) in [7, 11) is 0. The first-order chi connectivity index (χ1) is 9.65. The first-order valence-corrected chi connectivity index (χ1v) is 6.95. The van der Waals surface area contributed by atoms with Gasteiger partial charge in [-0.25, -0.2) is 9.18 Å². The van der Waals surface area contributed by atoms with E-state index in [1.165, 1.54) is 23.5 Å². The Balaban J connectivity index is 2.14. The average molecular weight is 286 g/mol. The molecule has 0 aliphatic carbocycles. The monoisotopic (exact) mass is 286 g/mol. The lowest BCUT2D eigenvalue weighted by Crippen LogP contribution is -1.99. The van der Waals surface area contributed by atoms with Crippen molar-refractivity contribution in [2.24, 2.45) is 0 Å². The van der Waals surface area contributed by atoms with Crippen LogP contribution in [0.15, 0.2) is 48.5 Å². The van der Waals surface area contributed by atoms with Crippen LogP contribution in [0.4, 0.5) is 4.39 Å². The van der Waals surface area contributed by atoms with Crippen molar-refractivity contribution in [2.75, 3.05) is 0 Å². The Morgan fingerprint density at radius 3 is 2.70 bits per heavy atom. The van der Waals surface area contributed by atoms with Gasteiger partial charge in [0.25, 0.3) is 0 Å². The highest BCUT2D eigenvalue weighted by Gasteiger charge is 2.17. The molecule has 0 aliphatic rings. The lowest BCUT2D eigenvalue weighted by Gasteiger charge is -2.03. The quantitative estimate of drug-likeness (QED) is 0.778. The largest absolute Gasteiger partial charge is 0.477 e. The number of hydrogen-bond acceptors (Lipinski definition) is 2. The second-order valence-electron chi connectivity index (χ2n) is 4.52. The van der Waals surface area contributed by atoms with Crippen LogP contribution in [-0.2, 0) is 6.42 Å². The number of aromatic carboxylic acids is 1. The van der Waals surface area contributed by atoms with Crippen LogP contribution >= 0.6 is 11.3 Å². The van der Waals surface area contributed by atoms with Crippen LogP contribution < -0.4 is 0 Å². The smallest absolute Gasteiger partial charge is 0.346 e.